The van der Waals surface area contributed by atoms with E-state index in [2.05, 4.69) is 248 Å². The molecule has 15 rings (SSSR count). The Hall–Kier alpha value is -7.74. The van der Waals surface area contributed by atoms with Gasteiger partial charge in [-0.05, 0) is 175 Å². The normalized spacial score (nSPS) is 20.3. The highest BCUT2D eigenvalue weighted by molar-refractivity contribution is 6.06. The Morgan fingerprint density at radius 3 is 1.30 bits per heavy atom. The monoisotopic (exact) mass is 897 g/mol. The Morgan fingerprint density at radius 2 is 0.743 bits per heavy atom. The van der Waals surface area contributed by atoms with E-state index in [1.807, 2.05) is 0 Å². The van der Waals surface area contributed by atoms with Crippen LogP contribution in [-0.4, -0.2) is 0 Å². The molecule has 10 aromatic carbocycles. The quantitative estimate of drug-likeness (QED) is 0.140. The Bertz CT molecular complexity index is 3460. The van der Waals surface area contributed by atoms with Gasteiger partial charge in [0.2, 0.25) is 0 Å². The predicted octanol–water partition coefficient (Wildman–Crippen LogP) is 18.1. The highest BCUT2D eigenvalue weighted by Crippen LogP contribution is 2.61. The molecule has 0 spiro atoms. The number of hydrogen-bond acceptors (Lipinski definition) is 1. The smallest absolute Gasteiger partial charge is 0.0733 e. The van der Waals surface area contributed by atoms with Crippen LogP contribution in [0.2, 0.25) is 0 Å². The van der Waals surface area contributed by atoms with Crippen LogP contribution in [0.4, 0.5) is 17.1 Å². The predicted molar refractivity (Wildman–Crippen MR) is 292 cm³/mol. The maximum atomic E-state index is 2.51. The van der Waals surface area contributed by atoms with Gasteiger partial charge in [0.05, 0.1) is 11.1 Å². The third kappa shape index (κ3) is 6.51. The standard InChI is InChI=1S/C69H55N/c1-3-15-52(16-4-1)59-23-13-17-54-18-14-24-60(67(54)59)53-33-39-58(40-34-53)70(57-37-31-51(32-38-57)50-29-35-55(36-30-50)68-44-47-41-48(45-68)43-49(42-47)46-68)66-28-12-11-27-65(66)69(56-19-5-2-6-20-56)63-25-9-7-21-61(63)62-22-8-10-26-64(62)69/h1-40,47-49H,41-46H2. The molecule has 4 bridgehead atoms. The third-order valence-electron chi connectivity index (χ3n) is 17.1. The molecule has 0 heterocycles. The molecule has 5 aliphatic carbocycles. The van der Waals surface area contributed by atoms with Gasteiger partial charge >= 0.3 is 0 Å². The van der Waals surface area contributed by atoms with Crippen LogP contribution in [0.25, 0.3) is 55.3 Å². The van der Waals surface area contributed by atoms with Gasteiger partial charge in [0, 0.05) is 11.4 Å². The first-order valence-electron chi connectivity index (χ1n) is 25.7. The van der Waals surface area contributed by atoms with E-state index in [9.17, 15) is 0 Å². The summed E-state index contributed by atoms with van der Waals surface area (Å²) in [6.45, 7) is 0. The van der Waals surface area contributed by atoms with Gasteiger partial charge in [0.25, 0.3) is 0 Å². The second-order valence-electron chi connectivity index (χ2n) is 21.0. The Labute approximate surface area is 412 Å². The van der Waals surface area contributed by atoms with E-state index in [0.717, 1.165) is 34.8 Å². The molecule has 4 fully saturated rings. The topological polar surface area (TPSA) is 3.24 Å². The van der Waals surface area contributed by atoms with Crippen LogP contribution in [0.15, 0.2) is 243 Å². The summed E-state index contributed by atoms with van der Waals surface area (Å²) in [5.74, 6) is 2.82. The number of hydrogen-bond donors (Lipinski definition) is 0. The fourth-order valence-electron chi connectivity index (χ4n) is 14.6. The van der Waals surface area contributed by atoms with E-state index in [0.29, 0.717) is 5.41 Å². The van der Waals surface area contributed by atoms with Crippen molar-refractivity contribution in [1.29, 1.82) is 0 Å². The van der Waals surface area contributed by atoms with Crippen LogP contribution < -0.4 is 4.90 Å². The molecule has 5 aliphatic rings. The lowest BCUT2D eigenvalue weighted by Crippen LogP contribution is -2.48. The van der Waals surface area contributed by atoms with Gasteiger partial charge in [0.15, 0.2) is 0 Å². The molecule has 1 heteroatoms. The minimum Gasteiger partial charge on any atom is -0.310 e. The zero-order chi connectivity index (χ0) is 46.2. The van der Waals surface area contributed by atoms with Gasteiger partial charge in [-0.25, -0.2) is 0 Å². The summed E-state index contributed by atoms with van der Waals surface area (Å²) in [6, 6.07) is 91.2. The molecular formula is C69H55N. The average Bonchev–Trinajstić information content (AvgIpc) is 3.72. The largest absolute Gasteiger partial charge is 0.310 e. The summed E-state index contributed by atoms with van der Waals surface area (Å²) in [5, 5.41) is 2.51. The van der Waals surface area contributed by atoms with Crippen LogP contribution in [-0.2, 0) is 10.8 Å². The molecule has 0 aliphatic heterocycles. The molecule has 4 saturated carbocycles. The summed E-state index contributed by atoms with van der Waals surface area (Å²) in [7, 11) is 0. The summed E-state index contributed by atoms with van der Waals surface area (Å²) in [6.07, 6.45) is 8.61. The van der Waals surface area contributed by atoms with Crippen LogP contribution in [0, 0.1) is 17.8 Å². The maximum absolute atomic E-state index is 2.51. The van der Waals surface area contributed by atoms with Crippen molar-refractivity contribution >= 4 is 27.8 Å². The van der Waals surface area contributed by atoms with Crippen molar-refractivity contribution in [3.8, 4) is 44.5 Å². The first-order chi connectivity index (χ1) is 34.6. The molecule has 0 aromatic heterocycles. The van der Waals surface area contributed by atoms with Crippen molar-refractivity contribution in [3.63, 3.8) is 0 Å². The highest BCUT2D eigenvalue weighted by atomic mass is 15.1. The Kier molecular flexibility index (Phi) is 9.70. The molecule has 0 unspecified atom stereocenters. The van der Waals surface area contributed by atoms with Gasteiger partial charge in [-0.2, -0.15) is 0 Å². The number of benzene rings is 10. The first-order valence-corrected chi connectivity index (χ1v) is 25.7. The van der Waals surface area contributed by atoms with Gasteiger partial charge in [-0.3, -0.25) is 0 Å². The minimum absolute atomic E-state index is 0.399. The summed E-state index contributed by atoms with van der Waals surface area (Å²) < 4.78 is 0. The van der Waals surface area contributed by atoms with Crippen molar-refractivity contribution in [1.82, 2.24) is 0 Å². The Morgan fingerprint density at radius 1 is 0.314 bits per heavy atom. The summed E-state index contributed by atoms with van der Waals surface area (Å²) in [4.78, 5) is 2.51. The first kappa shape index (κ1) is 41.3. The summed E-state index contributed by atoms with van der Waals surface area (Å²) >= 11 is 0. The summed E-state index contributed by atoms with van der Waals surface area (Å²) in [5.41, 5.74) is 19.9. The molecule has 0 radical (unpaired) electrons. The molecule has 0 atom stereocenters. The molecule has 336 valence electrons. The van der Waals surface area contributed by atoms with E-state index in [1.165, 1.54) is 116 Å². The van der Waals surface area contributed by atoms with Crippen LogP contribution in [0.1, 0.15) is 66.3 Å². The average molecular weight is 898 g/mol. The molecule has 70 heavy (non-hydrogen) atoms. The van der Waals surface area contributed by atoms with Crippen molar-refractivity contribution in [2.75, 3.05) is 4.90 Å². The second kappa shape index (κ2) is 16.5. The molecular weight excluding hydrogens is 843 g/mol. The van der Waals surface area contributed by atoms with Crippen LogP contribution in [0.5, 0.6) is 0 Å². The van der Waals surface area contributed by atoms with Crippen LogP contribution in [0.3, 0.4) is 0 Å². The van der Waals surface area contributed by atoms with Gasteiger partial charge in [-0.15, -0.1) is 0 Å². The van der Waals surface area contributed by atoms with E-state index in [-0.39, 0.29) is 0 Å². The van der Waals surface area contributed by atoms with E-state index in [4.69, 9.17) is 0 Å². The Balaban J connectivity index is 0.918. The number of rotatable bonds is 9. The number of fused-ring (bicyclic) bond motifs is 4. The molecule has 10 aromatic rings. The molecule has 0 amide bonds. The zero-order valence-corrected chi connectivity index (χ0v) is 39.5. The minimum atomic E-state index is -0.571. The van der Waals surface area contributed by atoms with Gasteiger partial charge < -0.3 is 4.90 Å². The van der Waals surface area contributed by atoms with E-state index in [1.54, 1.807) is 5.56 Å². The fraction of sp³-hybridized carbons (Fsp3) is 0.159. The SMILES string of the molecule is c1ccc(-c2cccc3cccc(-c4ccc(N(c5ccc(-c6ccc(C78CC9CC(CC(C9)C7)C8)cc6)cc5)c5ccccc5C5(c6ccccc6)c6ccccc6-c6ccccc65)cc4)c23)cc1. The highest BCUT2D eigenvalue weighted by Gasteiger charge is 2.52. The lowest BCUT2D eigenvalue weighted by Gasteiger charge is -2.57. The molecule has 0 saturated heterocycles. The van der Waals surface area contributed by atoms with E-state index >= 15 is 0 Å². The van der Waals surface area contributed by atoms with Crippen LogP contribution >= 0.6 is 0 Å². The lowest BCUT2D eigenvalue weighted by molar-refractivity contribution is -0.00518. The lowest BCUT2D eigenvalue weighted by atomic mass is 9.48. The van der Waals surface area contributed by atoms with Gasteiger partial charge in [0.1, 0.15) is 0 Å². The maximum Gasteiger partial charge on any atom is 0.0733 e. The van der Waals surface area contributed by atoms with E-state index < -0.39 is 5.41 Å². The molecule has 1 nitrogen and oxygen atoms in total. The number of para-hydroxylation sites is 1. The van der Waals surface area contributed by atoms with Crippen molar-refractivity contribution < 1.29 is 0 Å². The molecule has 0 N–H and O–H groups in total. The number of anilines is 3. The number of nitrogens with zero attached hydrogens (tertiary/aromatic N) is 1. The fourth-order valence-corrected chi connectivity index (χ4v) is 14.6. The second-order valence-corrected chi connectivity index (χ2v) is 21.0. The third-order valence-corrected chi connectivity index (χ3v) is 17.1. The van der Waals surface area contributed by atoms with Gasteiger partial charge in [-0.1, -0.05) is 212 Å². The van der Waals surface area contributed by atoms with Crippen molar-refractivity contribution in [2.45, 2.75) is 49.4 Å². The van der Waals surface area contributed by atoms with Crippen molar-refractivity contribution in [3.05, 3.63) is 270 Å². The van der Waals surface area contributed by atoms with Crippen molar-refractivity contribution in [2.24, 2.45) is 17.8 Å². The zero-order valence-electron chi connectivity index (χ0n) is 39.5.